The molecule has 0 aromatic heterocycles. The Labute approximate surface area is 111 Å². The highest BCUT2D eigenvalue weighted by Gasteiger charge is 2.25. The van der Waals surface area contributed by atoms with Gasteiger partial charge in [-0.15, -0.1) is 0 Å². The van der Waals surface area contributed by atoms with Crippen LogP contribution in [-0.4, -0.2) is 57.8 Å². The molecule has 108 valence electrons. The summed E-state index contributed by atoms with van der Waals surface area (Å²) in [6.45, 7) is 5.42. The Morgan fingerprint density at radius 3 is 2.50 bits per heavy atom. The van der Waals surface area contributed by atoms with E-state index in [4.69, 9.17) is 0 Å². The highest BCUT2D eigenvalue weighted by Crippen LogP contribution is 2.11. The van der Waals surface area contributed by atoms with Gasteiger partial charge in [-0.25, -0.2) is 13.1 Å². The van der Waals surface area contributed by atoms with E-state index in [0.717, 1.165) is 25.8 Å². The third kappa shape index (κ3) is 5.22. The third-order valence-electron chi connectivity index (χ3n) is 3.77. The SMILES string of the molecule is CN(C)C(C)(C)CNS(=O)(=O)CC1CCCCN1. The number of nitrogens with zero attached hydrogens (tertiary/aromatic N) is 1. The van der Waals surface area contributed by atoms with Crippen LogP contribution in [0.5, 0.6) is 0 Å². The number of piperidine rings is 1. The van der Waals surface area contributed by atoms with Gasteiger partial charge in [-0.3, -0.25) is 0 Å². The number of rotatable bonds is 6. The summed E-state index contributed by atoms with van der Waals surface area (Å²) in [5.41, 5.74) is -0.174. The monoisotopic (exact) mass is 277 g/mol. The molecule has 0 aliphatic carbocycles. The van der Waals surface area contributed by atoms with Crippen LogP contribution in [0, 0.1) is 0 Å². The maximum Gasteiger partial charge on any atom is 0.213 e. The topological polar surface area (TPSA) is 61.4 Å². The zero-order valence-corrected chi connectivity index (χ0v) is 12.8. The number of nitrogens with one attached hydrogen (secondary N) is 2. The average molecular weight is 277 g/mol. The average Bonchev–Trinajstić information content (AvgIpc) is 2.27. The van der Waals surface area contributed by atoms with Crippen molar-refractivity contribution in [1.29, 1.82) is 0 Å². The van der Waals surface area contributed by atoms with Gasteiger partial charge in [0.05, 0.1) is 5.75 Å². The molecule has 18 heavy (non-hydrogen) atoms. The molecule has 5 nitrogen and oxygen atoms in total. The fourth-order valence-corrected chi connectivity index (χ4v) is 3.34. The Morgan fingerprint density at radius 1 is 1.33 bits per heavy atom. The van der Waals surface area contributed by atoms with Gasteiger partial charge in [0.1, 0.15) is 0 Å². The second-order valence-corrected chi connectivity index (χ2v) is 7.81. The zero-order valence-electron chi connectivity index (χ0n) is 12.0. The van der Waals surface area contributed by atoms with Crippen molar-refractivity contribution in [3.05, 3.63) is 0 Å². The predicted molar refractivity (Wildman–Crippen MR) is 75.2 cm³/mol. The predicted octanol–water partition coefficient (Wildman–Crippen LogP) is 0.388. The number of sulfonamides is 1. The van der Waals surface area contributed by atoms with Gasteiger partial charge in [-0.2, -0.15) is 0 Å². The molecule has 2 N–H and O–H groups in total. The minimum absolute atomic E-state index is 0.110. The van der Waals surface area contributed by atoms with Gasteiger partial charge in [-0.05, 0) is 47.3 Å². The Balaban J connectivity index is 2.44. The van der Waals surface area contributed by atoms with Crippen molar-refractivity contribution < 1.29 is 8.42 Å². The Bertz CT molecular complexity index is 346. The minimum atomic E-state index is -3.19. The first-order valence-electron chi connectivity index (χ1n) is 6.61. The standard InChI is InChI=1S/C12H27N3O2S/c1-12(2,15(3)4)10-14-18(16,17)9-11-7-5-6-8-13-11/h11,13-14H,5-10H2,1-4H3. The van der Waals surface area contributed by atoms with E-state index in [2.05, 4.69) is 10.0 Å². The molecule has 1 aliphatic rings. The van der Waals surface area contributed by atoms with Crippen LogP contribution in [0.3, 0.4) is 0 Å². The summed E-state index contributed by atoms with van der Waals surface area (Å²) in [5, 5.41) is 3.27. The quantitative estimate of drug-likeness (QED) is 0.737. The van der Waals surface area contributed by atoms with Gasteiger partial charge in [-0.1, -0.05) is 6.42 Å². The van der Waals surface area contributed by atoms with Crippen molar-refractivity contribution in [3.8, 4) is 0 Å². The van der Waals surface area contributed by atoms with Crippen molar-refractivity contribution in [2.24, 2.45) is 0 Å². The lowest BCUT2D eigenvalue weighted by atomic mass is 10.1. The van der Waals surface area contributed by atoms with Crippen LogP contribution in [0.4, 0.5) is 0 Å². The van der Waals surface area contributed by atoms with Crippen LogP contribution in [-0.2, 0) is 10.0 Å². The van der Waals surface area contributed by atoms with E-state index >= 15 is 0 Å². The number of hydrogen-bond donors (Lipinski definition) is 2. The van der Waals surface area contributed by atoms with E-state index in [1.165, 1.54) is 0 Å². The lowest BCUT2D eigenvalue weighted by Gasteiger charge is -2.33. The Kier molecular flexibility index (Phi) is 5.58. The van der Waals surface area contributed by atoms with Crippen LogP contribution in [0.15, 0.2) is 0 Å². The summed E-state index contributed by atoms with van der Waals surface area (Å²) >= 11 is 0. The van der Waals surface area contributed by atoms with Gasteiger partial charge in [0, 0.05) is 18.1 Å². The third-order valence-corrected chi connectivity index (χ3v) is 5.19. The van der Waals surface area contributed by atoms with Gasteiger partial charge in [0.2, 0.25) is 10.0 Å². The molecule has 0 spiro atoms. The molecule has 0 amide bonds. The van der Waals surface area contributed by atoms with Gasteiger partial charge in [0.15, 0.2) is 0 Å². The molecular weight excluding hydrogens is 250 g/mol. The molecule has 0 radical (unpaired) electrons. The smallest absolute Gasteiger partial charge is 0.213 e. The highest BCUT2D eigenvalue weighted by molar-refractivity contribution is 7.89. The van der Waals surface area contributed by atoms with Crippen molar-refractivity contribution in [3.63, 3.8) is 0 Å². The molecule has 1 heterocycles. The summed E-state index contributed by atoms with van der Waals surface area (Å²) < 4.78 is 26.7. The minimum Gasteiger partial charge on any atom is -0.313 e. The lowest BCUT2D eigenvalue weighted by Crippen LogP contribution is -2.50. The van der Waals surface area contributed by atoms with Crippen LogP contribution in [0.1, 0.15) is 33.1 Å². The maximum absolute atomic E-state index is 12.0. The first-order valence-corrected chi connectivity index (χ1v) is 8.26. The van der Waals surface area contributed by atoms with E-state index in [9.17, 15) is 8.42 Å². The maximum atomic E-state index is 12.0. The van der Waals surface area contributed by atoms with Crippen LogP contribution >= 0.6 is 0 Å². The fourth-order valence-electron chi connectivity index (χ4n) is 1.83. The second-order valence-electron chi connectivity index (χ2n) is 5.96. The molecular formula is C12H27N3O2S. The molecule has 0 bridgehead atoms. The molecule has 0 saturated carbocycles. The van der Waals surface area contributed by atoms with Crippen LogP contribution in [0.25, 0.3) is 0 Å². The van der Waals surface area contributed by atoms with Crippen LogP contribution < -0.4 is 10.0 Å². The summed E-state index contributed by atoms with van der Waals surface area (Å²) in [6.07, 6.45) is 3.23. The van der Waals surface area contributed by atoms with E-state index in [1.54, 1.807) is 0 Å². The summed E-state index contributed by atoms with van der Waals surface area (Å²) in [7, 11) is 0.724. The van der Waals surface area contributed by atoms with E-state index < -0.39 is 10.0 Å². The van der Waals surface area contributed by atoms with Gasteiger partial charge < -0.3 is 10.2 Å². The van der Waals surface area contributed by atoms with Crippen molar-refractivity contribution in [2.45, 2.75) is 44.7 Å². The molecule has 0 aromatic carbocycles. The second kappa shape index (κ2) is 6.32. The number of likely N-dealkylation sites (N-methyl/N-ethyl adjacent to an activating group) is 1. The molecule has 6 heteroatoms. The summed E-state index contributed by atoms with van der Waals surface area (Å²) in [5.74, 6) is 0.191. The fraction of sp³-hybridized carbons (Fsp3) is 1.00. The first kappa shape index (κ1) is 15.9. The molecule has 1 atom stereocenters. The Morgan fingerprint density at radius 2 is 2.00 bits per heavy atom. The first-order chi connectivity index (χ1) is 8.23. The molecule has 1 rings (SSSR count). The van der Waals surface area contributed by atoms with E-state index in [0.29, 0.717) is 6.54 Å². The largest absolute Gasteiger partial charge is 0.313 e. The summed E-state index contributed by atoms with van der Waals surface area (Å²) in [4.78, 5) is 2.02. The highest BCUT2D eigenvalue weighted by atomic mass is 32.2. The van der Waals surface area contributed by atoms with Crippen molar-refractivity contribution in [1.82, 2.24) is 14.9 Å². The number of hydrogen-bond acceptors (Lipinski definition) is 4. The van der Waals surface area contributed by atoms with E-state index in [1.807, 2.05) is 32.8 Å². The van der Waals surface area contributed by atoms with E-state index in [-0.39, 0.29) is 17.3 Å². The lowest BCUT2D eigenvalue weighted by molar-refractivity contribution is 0.198. The van der Waals surface area contributed by atoms with Crippen molar-refractivity contribution in [2.75, 3.05) is 32.9 Å². The molecule has 0 aromatic rings. The molecule has 1 unspecified atom stereocenters. The zero-order chi connectivity index (χ0) is 13.8. The molecule has 1 fully saturated rings. The normalized spacial score (nSPS) is 22.4. The van der Waals surface area contributed by atoms with Crippen molar-refractivity contribution >= 4 is 10.0 Å². The van der Waals surface area contributed by atoms with Crippen LogP contribution in [0.2, 0.25) is 0 Å². The molecule has 1 aliphatic heterocycles. The van der Waals surface area contributed by atoms with Gasteiger partial charge in [0.25, 0.3) is 0 Å². The molecule has 1 saturated heterocycles. The van der Waals surface area contributed by atoms with Gasteiger partial charge >= 0.3 is 0 Å². The Hall–Kier alpha value is -0.170. The summed E-state index contributed by atoms with van der Waals surface area (Å²) in [6, 6.07) is 0.110.